The van der Waals surface area contributed by atoms with E-state index in [-0.39, 0.29) is 6.29 Å². The van der Waals surface area contributed by atoms with Gasteiger partial charge in [-0.05, 0) is 0 Å². The van der Waals surface area contributed by atoms with Crippen molar-refractivity contribution in [3.63, 3.8) is 0 Å². The van der Waals surface area contributed by atoms with Gasteiger partial charge in [0.1, 0.15) is 42.7 Å². The van der Waals surface area contributed by atoms with Gasteiger partial charge in [-0.2, -0.15) is 0 Å². The second kappa shape index (κ2) is 7.05. The summed E-state index contributed by atoms with van der Waals surface area (Å²) in [5.41, 5.74) is -2.88. The highest BCUT2D eigenvalue weighted by Crippen LogP contribution is 2.30. The van der Waals surface area contributed by atoms with Crippen molar-refractivity contribution >= 4 is 6.29 Å². The average molecular weight is 312 g/mol. The van der Waals surface area contributed by atoms with E-state index in [0.29, 0.717) is 0 Å². The highest BCUT2D eigenvalue weighted by Gasteiger charge is 2.56. The maximum absolute atomic E-state index is 11.1. The molecule has 0 aromatic carbocycles. The molecule has 1 saturated heterocycles. The van der Waals surface area contributed by atoms with Gasteiger partial charge in [-0.25, -0.2) is 0 Å². The van der Waals surface area contributed by atoms with Gasteiger partial charge in [-0.3, -0.25) is 4.79 Å². The highest BCUT2D eigenvalue weighted by molar-refractivity contribution is 5.65. The van der Waals surface area contributed by atoms with Crippen molar-refractivity contribution in [2.24, 2.45) is 0 Å². The molecule has 10 nitrogen and oxygen atoms in total. The number of hydrogen-bond acceptors (Lipinski definition) is 10. The zero-order valence-electron chi connectivity index (χ0n) is 10.9. The van der Waals surface area contributed by atoms with Gasteiger partial charge >= 0.3 is 0 Å². The maximum Gasteiger partial charge on any atom is 0.177 e. The lowest BCUT2D eigenvalue weighted by molar-refractivity contribution is -0.281. The first kappa shape index (κ1) is 18.4. The number of aliphatic hydroxyl groups excluding tert-OH is 7. The first-order valence-corrected chi connectivity index (χ1v) is 6.20. The van der Waals surface area contributed by atoms with E-state index in [1.807, 2.05) is 0 Å². The fourth-order valence-corrected chi connectivity index (χ4v) is 2.20. The third-order valence-electron chi connectivity index (χ3n) is 3.56. The topological polar surface area (TPSA) is 188 Å². The van der Waals surface area contributed by atoms with E-state index in [1.54, 1.807) is 0 Å². The Morgan fingerprint density at radius 3 is 2.10 bits per heavy atom. The second-order valence-corrected chi connectivity index (χ2v) is 4.95. The van der Waals surface area contributed by atoms with E-state index >= 15 is 0 Å². The molecule has 8 N–H and O–H groups in total. The van der Waals surface area contributed by atoms with E-state index in [2.05, 4.69) is 0 Å². The molecule has 0 amide bonds. The van der Waals surface area contributed by atoms with Crippen LogP contribution in [0.4, 0.5) is 0 Å². The zero-order valence-corrected chi connectivity index (χ0v) is 10.9. The largest absolute Gasteiger partial charge is 0.394 e. The molecule has 1 heterocycles. The molecule has 124 valence electrons. The molecule has 0 aliphatic carbocycles. The minimum Gasteiger partial charge on any atom is -0.394 e. The van der Waals surface area contributed by atoms with Crippen LogP contribution < -0.4 is 0 Å². The van der Waals surface area contributed by atoms with Crippen LogP contribution in [0.1, 0.15) is 0 Å². The van der Waals surface area contributed by atoms with Gasteiger partial charge in [0.2, 0.25) is 0 Å². The smallest absolute Gasteiger partial charge is 0.177 e. The van der Waals surface area contributed by atoms with Crippen molar-refractivity contribution in [1.82, 2.24) is 0 Å². The number of aliphatic hydroxyl groups is 8. The van der Waals surface area contributed by atoms with Gasteiger partial charge < -0.3 is 45.6 Å². The van der Waals surface area contributed by atoms with Crippen LogP contribution in [0.25, 0.3) is 0 Å². The lowest BCUT2D eigenvalue weighted by atomic mass is 9.80. The van der Waals surface area contributed by atoms with Crippen LogP contribution in [0, 0.1) is 0 Å². The molecule has 1 aliphatic heterocycles. The van der Waals surface area contributed by atoms with Crippen molar-refractivity contribution in [3.05, 3.63) is 0 Å². The average Bonchev–Trinajstić information content (AvgIpc) is 2.50. The number of rotatable bonds is 6. The molecule has 21 heavy (non-hydrogen) atoms. The number of aldehydes is 1. The third-order valence-corrected chi connectivity index (χ3v) is 3.56. The van der Waals surface area contributed by atoms with E-state index in [1.165, 1.54) is 0 Å². The first-order chi connectivity index (χ1) is 9.74. The van der Waals surface area contributed by atoms with Crippen LogP contribution in [-0.4, -0.2) is 109 Å². The molecule has 8 atom stereocenters. The predicted molar refractivity (Wildman–Crippen MR) is 63.9 cm³/mol. The van der Waals surface area contributed by atoms with Crippen LogP contribution in [0.3, 0.4) is 0 Å². The Bertz CT molecular complexity index is 350. The quantitative estimate of drug-likeness (QED) is 0.220. The van der Waals surface area contributed by atoms with Gasteiger partial charge in [-0.1, -0.05) is 0 Å². The summed E-state index contributed by atoms with van der Waals surface area (Å²) in [4.78, 5) is 11.1. The molecule has 0 spiro atoms. The fraction of sp³-hybridized carbons (Fsp3) is 0.909. The summed E-state index contributed by atoms with van der Waals surface area (Å²) in [7, 11) is 0. The Kier molecular flexibility index (Phi) is 6.16. The normalized spacial score (nSPS) is 39.3. The number of ether oxygens (including phenoxy) is 1. The third kappa shape index (κ3) is 3.23. The molecule has 0 radical (unpaired) electrons. The van der Waals surface area contributed by atoms with Gasteiger partial charge in [0.05, 0.1) is 13.2 Å². The van der Waals surface area contributed by atoms with E-state index in [9.17, 15) is 35.4 Å². The standard InChI is InChI=1S/C11H20O10/c12-1-4(15)9(19)11(20,3-14)10-8(18)7(17)6(16)5(2-13)21-10/h3-10,12-13,15-20H,1-2H2/t4-,5-,6+,7+,8-,9+,10?,11+/m1/s1. The van der Waals surface area contributed by atoms with Gasteiger partial charge in [0.25, 0.3) is 0 Å². The minimum absolute atomic E-state index is 0.219. The van der Waals surface area contributed by atoms with Gasteiger partial charge in [-0.15, -0.1) is 0 Å². The molecule has 1 rings (SSSR count). The molecule has 1 fully saturated rings. The lowest BCUT2D eigenvalue weighted by Gasteiger charge is -2.46. The van der Waals surface area contributed by atoms with Crippen molar-refractivity contribution in [2.75, 3.05) is 13.2 Å². The van der Waals surface area contributed by atoms with Crippen LogP contribution in [-0.2, 0) is 9.53 Å². The molecular formula is C11H20O10. The van der Waals surface area contributed by atoms with Crippen LogP contribution >= 0.6 is 0 Å². The number of carbonyl (C=O) groups excluding carboxylic acids is 1. The lowest BCUT2D eigenvalue weighted by Crippen LogP contribution is -2.70. The number of carbonyl (C=O) groups is 1. The Morgan fingerprint density at radius 1 is 1.10 bits per heavy atom. The maximum atomic E-state index is 11.1. The van der Waals surface area contributed by atoms with Gasteiger partial charge in [0.15, 0.2) is 11.9 Å². The number of hydrogen-bond donors (Lipinski definition) is 8. The summed E-state index contributed by atoms with van der Waals surface area (Å²) < 4.78 is 4.96. The summed E-state index contributed by atoms with van der Waals surface area (Å²) >= 11 is 0. The minimum atomic E-state index is -2.88. The fourth-order valence-electron chi connectivity index (χ4n) is 2.20. The molecule has 0 aromatic heterocycles. The van der Waals surface area contributed by atoms with Crippen molar-refractivity contribution < 1.29 is 50.4 Å². The van der Waals surface area contributed by atoms with Crippen molar-refractivity contribution in [2.45, 2.75) is 48.3 Å². The second-order valence-electron chi connectivity index (χ2n) is 4.95. The van der Waals surface area contributed by atoms with E-state index in [4.69, 9.17) is 14.9 Å². The van der Waals surface area contributed by atoms with Gasteiger partial charge in [0, 0.05) is 0 Å². The Labute approximate surface area is 119 Å². The van der Waals surface area contributed by atoms with E-state index < -0.39 is 61.5 Å². The van der Waals surface area contributed by atoms with Crippen LogP contribution in [0.15, 0.2) is 0 Å². The van der Waals surface area contributed by atoms with E-state index in [0.717, 1.165) is 0 Å². The van der Waals surface area contributed by atoms with Crippen LogP contribution in [0.5, 0.6) is 0 Å². The summed E-state index contributed by atoms with van der Waals surface area (Å²) in [5, 5.41) is 76.0. The van der Waals surface area contributed by atoms with Crippen molar-refractivity contribution in [3.8, 4) is 0 Å². The Morgan fingerprint density at radius 2 is 1.67 bits per heavy atom. The molecule has 0 bridgehead atoms. The summed E-state index contributed by atoms with van der Waals surface area (Å²) in [6, 6.07) is 0. The SMILES string of the molecule is O=C[C@@](O)(C1O[C@H](CO)[C@H](O)[C@H](O)[C@H]1O)[C@@H](O)[C@H](O)CO. The summed E-state index contributed by atoms with van der Waals surface area (Å²) in [5.74, 6) is 0. The molecule has 10 heteroatoms. The van der Waals surface area contributed by atoms with Crippen LogP contribution in [0.2, 0.25) is 0 Å². The van der Waals surface area contributed by atoms with Crippen molar-refractivity contribution in [1.29, 1.82) is 0 Å². The molecular weight excluding hydrogens is 292 g/mol. The zero-order chi connectivity index (χ0) is 16.4. The summed E-state index contributed by atoms with van der Waals surface area (Å²) in [6.45, 7) is -1.79. The summed E-state index contributed by atoms with van der Waals surface area (Å²) in [6.07, 6.45) is -13.3. The first-order valence-electron chi connectivity index (χ1n) is 6.20. The molecule has 0 saturated carbocycles. The Hall–Kier alpha value is -0.690. The predicted octanol–water partition coefficient (Wildman–Crippen LogP) is -5.53. The molecule has 1 unspecified atom stereocenters. The Balaban J connectivity index is 3.10. The monoisotopic (exact) mass is 312 g/mol. The molecule has 0 aromatic rings. The molecule has 1 aliphatic rings. The highest BCUT2D eigenvalue weighted by atomic mass is 16.6.